The predicted octanol–water partition coefficient (Wildman–Crippen LogP) is 3.78. The number of ether oxygens (including phenoxy) is 1. The number of rotatable bonds is 6. The predicted molar refractivity (Wildman–Crippen MR) is 100 cm³/mol. The van der Waals surface area contributed by atoms with Crippen molar-refractivity contribution >= 4 is 23.2 Å². The van der Waals surface area contributed by atoms with Crippen LogP contribution in [0.4, 0.5) is 11.4 Å². The van der Waals surface area contributed by atoms with Gasteiger partial charge in [0.05, 0.1) is 11.7 Å². The van der Waals surface area contributed by atoms with E-state index in [1.165, 1.54) is 6.20 Å². The molecule has 6 heteroatoms. The zero-order valence-electron chi connectivity index (χ0n) is 15.2. The number of benzene rings is 1. The minimum absolute atomic E-state index is 0.0263. The van der Waals surface area contributed by atoms with E-state index >= 15 is 0 Å². The van der Waals surface area contributed by atoms with Gasteiger partial charge in [-0.3, -0.25) is 9.59 Å². The summed E-state index contributed by atoms with van der Waals surface area (Å²) >= 11 is 0. The molecule has 1 aromatic heterocycles. The van der Waals surface area contributed by atoms with Gasteiger partial charge in [-0.25, -0.2) is 4.98 Å². The van der Waals surface area contributed by atoms with Crippen LogP contribution in [0.1, 0.15) is 42.6 Å². The topological polar surface area (TPSA) is 80.3 Å². The maximum absolute atomic E-state index is 12.5. The molecule has 2 N–H and O–H groups in total. The van der Waals surface area contributed by atoms with Gasteiger partial charge in [0.1, 0.15) is 0 Å². The van der Waals surface area contributed by atoms with Crippen molar-refractivity contribution in [1.82, 2.24) is 4.98 Å². The molecule has 0 unspecified atom stereocenters. The van der Waals surface area contributed by atoms with Crippen molar-refractivity contribution in [3.05, 3.63) is 47.7 Å². The summed E-state index contributed by atoms with van der Waals surface area (Å²) in [6.45, 7) is 5.74. The van der Waals surface area contributed by atoms with Crippen LogP contribution in [0.15, 0.2) is 36.5 Å². The van der Waals surface area contributed by atoms with E-state index in [1.54, 1.807) is 18.2 Å². The van der Waals surface area contributed by atoms with Crippen LogP contribution in [-0.4, -0.2) is 22.9 Å². The summed E-state index contributed by atoms with van der Waals surface area (Å²) in [6.07, 6.45) is 3.41. The van der Waals surface area contributed by atoms with Crippen molar-refractivity contribution in [2.24, 2.45) is 5.92 Å². The number of carbonyl (C=O) groups excluding carboxylic acids is 2. The SMILES string of the molecule is Cc1ccc(NC(=O)C2CC2)cc1NC(=O)c1ccc(OC(C)C)nc1. The number of aryl methyl sites for hydroxylation is 1. The number of nitrogens with zero attached hydrogens (tertiary/aromatic N) is 1. The number of pyridine rings is 1. The summed E-state index contributed by atoms with van der Waals surface area (Å²) < 4.78 is 5.48. The molecule has 136 valence electrons. The normalized spacial score (nSPS) is 13.4. The Labute approximate surface area is 153 Å². The Balaban J connectivity index is 1.68. The first kappa shape index (κ1) is 17.9. The Morgan fingerprint density at radius 2 is 1.92 bits per heavy atom. The fourth-order valence-electron chi connectivity index (χ4n) is 2.44. The molecule has 6 nitrogen and oxygen atoms in total. The summed E-state index contributed by atoms with van der Waals surface area (Å²) in [4.78, 5) is 28.5. The molecule has 1 fully saturated rings. The van der Waals surface area contributed by atoms with E-state index in [2.05, 4.69) is 15.6 Å². The average Bonchev–Trinajstić information content (AvgIpc) is 3.43. The lowest BCUT2D eigenvalue weighted by Gasteiger charge is -2.12. The van der Waals surface area contributed by atoms with E-state index in [9.17, 15) is 9.59 Å². The molecule has 1 aromatic carbocycles. The first-order valence-corrected chi connectivity index (χ1v) is 8.78. The number of nitrogens with one attached hydrogen (secondary N) is 2. The number of hydrogen-bond acceptors (Lipinski definition) is 4. The van der Waals surface area contributed by atoms with Crippen molar-refractivity contribution in [2.45, 2.75) is 39.7 Å². The third-order valence-corrected chi connectivity index (χ3v) is 4.06. The van der Waals surface area contributed by atoms with Gasteiger partial charge in [0.25, 0.3) is 5.91 Å². The lowest BCUT2D eigenvalue weighted by atomic mass is 10.1. The zero-order valence-corrected chi connectivity index (χ0v) is 15.2. The van der Waals surface area contributed by atoms with Gasteiger partial charge >= 0.3 is 0 Å². The highest BCUT2D eigenvalue weighted by Gasteiger charge is 2.29. The van der Waals surface area contributed by atoms with Crippen LogP contribution in [0, 0.1) is 12.8 Å². The highest BCUT2D eigenvalue weighted by molar-refractivity contribution is 6.05. The van der Waals surface area contributed by atoms with Gasteiger partial charge < -0.3 is 15.4 Å². The van der Waals surface area contributed by atoms with E-state index in [1.807, 2.05) is 32.9 Å². The van der Waals surface area contributed by atoms with Gasteiger partial charge in [-0.1, -0.05) is 6.07 Å². The van der Waals surface area contributed by atoms with Crippen LogP contribution >= 0.6 is 0 Å². The molecule has 0 atom stereocenters. The van der Waals surface area contributed by atoms with E-state index in [0.717, 1.165) is 18.4 Å². The molecule has 1 saturated carbocycles. The molecule has 1 aliphatic rings. The van der Waals surface area contributed by atoms with Gasteiger partial charge in [-0.15, -0.1) is 0 Å². The molecule has 0 spiro atoms. The largest absolute Gasteiger partial charge is 0.475 e. The third kappa shape index (κ3) is 4.59. The molecule has 26 heavy (non-hydrogen) atoms. The molecule has 0 bridgehead atoms. The maximum Gasteiger partial charge on any atom is 0.257 e. The first-order valence-electron chi connectivity index (χ1n) is 8.78. The zero-order chi connectivity index (χ0) is 18.7. The van der Waals surface area contributed by atoms with E-state index in [4.69, 9.17) is 4.74 Å². The molecular formula is C20H23N3O3. The molecule has 1 heterocycles. The van der Waals surface area contributed by atoms with Crippen LogP contribution in [0.25, 0.3) is 0 Å². The summed E-state index contributed by atoms with van der Waals surface area (Å²) in [5, 5.41) is 5.77. The van der Waals surface area contributed by atoms with Gasteiger partial charge in [0, 0.05) is 29.6 Å². The van der Waals surface area contributed by atoms with E-state index in [-0.39, 0.29) is 23.8 Å². The number of amides is 2. The number of hydrogen-bond donors (Lipinski definition) is 2. The number of carbonyl (C=O) groups is 2. The average molecular weight is 353 g/mol. The Morgan fingerprint density at radius 1 is 1.15 bits per heavy atom. The minimum atomic E-state index is -0.262. The highest BCUT2D eigenvalue weighted by Crippen LogP contribution is 2.31. The Hall–Kier alpha value is -2.89. The van der Waals surface area contributed by atoms with Crippen LogP contribution in [-0.2, 0) is 4.79 Å². The fourth-order valence-corrected chi connectivity index (χ4v) is 2.44. The van der Waals surface area contributed by atoms with Crippen LogP contribution < -0.4 is 15.4 Å². The molecular weight excluding hydrogens is 330 g/mol. The summed E-state index contributed by atoms with van der Waals surface area (Å²) in [5.41, 5.74) is 2.69. The standard InChI is InChI=1S/C20H23N3O3/c1-12(2)26-18-9-7-15(11-21-18)20(25)23-17-10-16(8-4-13(17)3)22-19(24)14-5-6-14/h4,7-12,14H,5-6H2,1-3H3,(H,22,24)(H,23,25). The second-order valence-electron chi connectivity index (χ2n) is 6.80. The monoisotopic (exact) mass is 353 g/mol. The van der Waals surface area contributed by atoms with Gasteiger partial charge in [-0.2, -0.15) is 0 Å². The minimum Gasteiger partial charge on any atom is -0.475 e. The summed E-state index contributed by atoms with van der Waals surface area (Å²) in [5.74, 6) is 0.392. The highest BCUT2D eigenvalue weighted by atomic mass is 16.5. The summed E-state index contributed by atoms with van der Waals surface area (Å²) in [7, 11) is 0. The van der Waals surface area contributed by atoms with Gasteiger partial charge in [0.15, 0.2) is 0 Å². The van der Waals surface area contributed by atoms with Crippen molar-refractivity contribution in [2.75, 3.05) is 10.6 Å². The molecule has 0 radical (unpaired) electrons. The van der Waals surface area contributed by atoms with Gasteiger partial charge in [-0.05, 0) is 57.4 Å². The van der Waals surface area contributed by atoms with Crippen LogP contribution in [0.5, 0.6) is 5.88 Å². The van der Waals surface area contributed by atoms with Gasteiger partial charge in [0.2, 0.25) is 11.8 Å². The second-order valence-corrected chi connectivity index (χ2v) is 6.80. The maximum atomic E-state index is 12.5. The lowest BCUT2D eigenvalue weighted by molar-refractivity contribution is -0.117. The smallest absolute Gasteiger partial charge is 0.257 e. The second kappa shape index (κ2) is 7.56. The molecule has 2 aromatic rings. The Morgan fingerprint density at radius 3 is 2.54 bits per heavy atom. The van der Waals surface area contributed by atoms with E-state index in [0.29, 0.717) is 22.8 Å². The Bertz CT molecular complexity index is 812. The van der Waals surface area contributed by atoms with Crippen molar-refractivity contribution < 1.29 is 14.3 Å². The molecule has 3 rings (SSSR count). The van der Waals surface area contributed by atoms with Crippen LogP contribution in [0.2, 0.25) is 0 Å². The first-order chi connectivity index (χ1) is 12.4. The molecule has 0 saturated heterocycles. The lowest BCUT2D eigenvalue weighted by Crippen LogP contribution is -2.16. The van der Waals surface area contributed by atoms with Crippen molar-refractivity contribution in [3.63, 3.8) is 0 Å². The van der Waals surface area contributed by atoms with E-state index < -0.39 is 0 Å². The Kier molecular flexibility index (Phi) is 5.21. The van der Waals surface area contributed by atoms with Crippen LogP contribution in [0.3, 0.4) is 0 Å². The summed E-state index contributed by atoms with van der Waals surface area (Å²) in [6, 6.07) is 8.83. The number of aromatic nitrogens is 1. The number of anilines is 2. The molecule has 0 aliphatic heterocycles. The van der Waals surface area contributed by atoms with Crippen molar-refractivity contribution in [1.29, 1.82) is 0 Å². The quantitative estimate of drug-likeness (QED) is 0.828. The molecule has 2 amide bonds. The fraction of sp³-hybridized carbons (Fsp3) is 0.350. The van der Waals surface area contributed by atoms with Crippen molar-refractivity contribution in [3.8, 4) is 5.88 Å². The third-order valence-electron chi connectivity index (χ3n) is 4.06. The molecule has 1 aliphatic carbocycles.